The summed E-state index contributed by atoms with van der Waals surface area (Å²) >= 11 is 0. The van der Waals surface area contributed by atoms with Crippen molar-refractivity contribution < 1.29 is 14.3 Å². The van der Waals surface area contributed by atoms with E-state index in [2.05, 4.69) is 29.5 Å². The Morgan fingerprint density at radius 1 is 1.15 bits per heavy atom. The average Bonchev–Trinajstić information content (AvgIpc) is 2.68. The van der Waals surface area contributed by atoms with Gasteiger partial charge in [-0.3, -0.25) is 4.79 Å². The van der Waals surface area contributed by atoms with Gasteiger partial charge in [0.2, 0.25) is 0 Å². The molecule has 0 aliphatic rings. The molecule has 6 heteroatoms. The number of methoxy groups -OCH3 is 2. The quantitative estimate of drug-likeness (QED) is 0.720. The Morgan fingerprint density at radius 2 is 1.92 bits per heavy atom. The second kappa shape index (κ2) is 9.65. The number of carbonyl (C=O) groups excluding carboxylic acids is 1. The van der Waals surface area contributed by atoms with Crippen LogP contribution < -0.4 is 20.1 Å². The number of ether oxygens (including phenoxy) is 2. The lowest BCUT2D eigenvalue weighted by Gasteiger charge is -2.13. The van der Waals surface area contributed by atoms with Crippen molar-refractivity contribution in [2.24, 2.45) is 0 Å². The van der Waals surface area contributed by atoms with Gasteiger partial charge in [-0.05, 0) is 49.6 Å². The van der Waals surface area contributed by atoms with Gasteiger partial charge in [0.15, 0.2) is 11.5 Å². The molecule has 0 fully saturated rings. The van der Waals surface area contributed by atoms with Crippen molar-refractivity contribution in [2.75, 3.05) is 26.1 Å². The third-order valence-electron chi connectivity index (χ3n) is 4.17. The molecule has 1 heterocycles. The number of hydrogen-bond donors (Lipinski definition) is 2. The van der Waals surface area contributed by atoms with Crippen LogP contribution in [0.15, 0.2) is 36.5 Å². The van der Waals surface area contributed by atoms with Crippen LogP contribution in [0.1, 0.15) is 36.3 Å². The normalized spacial score (nSPS) is 11.5. The molecule has 1 unspecified atom stereocenters. The Morgan fingerprint density at radius 3 is 2.54 bits per heavy atom. The minimum atomic E-state index is -0.180. The highest BCUT2D eigenvalue weighted by Gasteiger charge is 2.08. The molecule has 1 aromatic carbocycles. The maximum absolute atomic E-state index is 12.2. The van der Waals surface area contributed by atoms with Crippen LogP contribution in [-0.2, 0) is 6.42 Å². The fourth-order valence-corrected chi connectivity index (χ4v) is 2.45. The number of carbonyl (C=O) groups is 1. The van der Waals surface area contributed by atoms with Crippen LogP contribution >= 0.6 is 0 Å². The summed E-state index contributed by atoms with van der Waals surface area (Å²) in [6, 6.07) is 9.72. The van der Waals surface area contributed by atoms with Crippen molar-refractivity contribution >= 4 is 11.6 Å². The van der Waals surface area contributed by atoms with Crippen molar-refractivity contribution in [2.45, 2.75) is 32.7 Å². The molecule has 0 aliphatic heterocycles. The van der Waals surface area contributed by atoms with E-state index in [0.717, 1.165) is 17.7 Å². The molecule has 2 N–H and O–H groups in total. The molecule has 1 aromatic heterocycles. The van der Waals surface area contributed by atoms with Crippen molar-refractivity contribution in [1.29, 1.82) is 0 Å². The van der Waals surface area contributed by atoms with Gasteiger partial charge in [0.1, 0.15) is 5.69 Å². The maximum Gasteiger partial charge on any atom is 0.269 e. The third kappa shape index (κ3) is 5.37. The van der Waals surface area contributed by atoms with E-state index >= 15 is 0 Å². The molecule has 2 rings (SSSR count). The zero-order valence-electron chi connectivity index (χ0n) is 15.8. The van der Waals surface area contributed by atoms with Gasteiger partial charge in [-0.25, -0.2) is 4.98 Å². The topological polar surface area (TPSA) is 72.5 Å². The molecule has 0 spiro atoms. The first-order valence-electron chi connectivity index (χ1n) is 8.79. The number of hydrogen-bond acceptors (Lipinski definition) is 5. The summed E-state index contributed by atoms with van der Waals surface area (Å²) < 4.78 is 10.5. The molecular formula is C20H27N3O3. The van der Waals surface area contributed by atoms with Crippen LogP contribution in [-0.4, -0.2) is 37.7 Å². The lowest BCUT2D eigenvalue weighted by Crippen LogP contribution is -2.26. The van der Waals surface area contributed by atoms with Crippen LogP contribution in [0.5, 0.6) is 11.5 Å². The number of anilines is 1. The standard InChI is InChI=1S/C20H27N3O3/c1-5-14(2)23-16-7-8-17(22-13-16)20(24)21-11-10-15-6-9-18(25-3)19(12-15)26-4/h6-9,12-14,23H,5,10-11H2,1-4H3,(H,21,24). The number of nitrogens with zero attached hydrogens (tertiary/aromatic N) is 1. The predicted octanol–water partition coefficient (Wildman–Crippen LogP) is 3.28. The molecule has 0 saturated carbocycles. The Kier molecular flexibility index (Phi) is 7.26. The summed E-state index contributed by atoms with van der Waals surface area (Å²) in [4.78, 5) is 16.4. The van der Waals surface area contributed by atoms with Crippen LogP contribution in [0.4, 0.5) is 5.69 Å². The fraction of sp³-hybridized carbons (Fsp3) is 0.400. The zero-order valence-corrected chi connectivity index (χ0v) is 15.8. The summed E-state index contributed by atoms with van der Waals surface area (Å²) in [7, 11) is 3.21. The summed E-state index contributed by atoms with van der Waals surface area (Å²) in [5, 5.41) is 6.22. The highest BCUT2D eigenvalue weighted by molar-refractivity contribution is 5.92. The minimum Gasteiger partial charge on any atom is -0.493 e. The Balaban J connectivity index is 1.87. The smallest absolute Gasteiger partial charge is 0.269 e. The van der Waals surface area contributed by atoms with Crippen LogP contribution in [0.2, 0.25) is 0 Å². The minimum absolute atomic E-state index is 0.180. The molecule has 0 radical (unpaired) electrons. The van der Waals surface area contributed by atoms with Crippen molar-refractivity contribution in [1.82, 2.24) is 10.3 Å². The molecule has 0 aliphatic carbocycles. The number of benzene rings is 1. The average molecular weight is 357 g/mol. The number of nitrogens with one attached hydrogen (secondary N) is 2. The van der Waals surface area contributed by atoms with Crippen molar-refractivity contribution in [3.8, 4) is 11.5 Å². The largest absolute Gasteiger partial charge is 0.493 e. The first-order chi connectivity index (χ1) is 12.6. The van der Waals surface area contributed by atoms with E-state index in [0.29, 0.717) is 36.2 Å². The van der Waals surface area contributed by atoms with Gasteiger partial charge in [0, 0.05) is 12.6 Å². The van der Waals surface area contributed by atoms with E-state index in [4.69, 9.17) is 9.47 Å². The van der Waals surface area contributed by atoms with Gasteiger partial charge in [-0.15, -0.1) is 0 Å². The molecule has 2 aromatic rings. The maximum atomic E-state index is 12.2. The van der Waals surface area contributed by atoms with E-state index in [9.17, 15) is 4.79 Å². The third-order valence-corrected chi connectivity index (χ3v) is 4.17. The lowest BCUT2D eigenvalue weighted by atomic mass is 10.1. The summed E-state index contributed by atoms with van der Waals surface area (Å²) in [6.45, 7) is 4.74. The zero-order chi connectivity index (χ0) is 18.9. The molecule has 0 bridgehead atoms. The van der Waals surface area contributed by atoms with Crippen LogP contribution in [0.25, 0.3) is 0 Å². The van der Waals surface area contributed by atoms with E-state index in [-0.39, 0.29) is 5.91 Å². The van der Waals surface area contributed by atoms with Crippen LogP contribution in [0, 0.1) is 0 Å². The Labute approximate surface area is 154 Å². The second-order valence-electron chi connectivity index (χ2n) is 6.08. The molecule has 26 heavy (non-hydrogen) atoms. The molecule has 1 atom stereocenters. The summed E-state index contributed by atoms with van der Waals surface area (Å²) in [5.41, 5.74) is 2.39. The number of pyridine rings is 1. The van der Waals surface area contributed by atoms with Gasteiger partial charge < -0.3 is 20.1 Å². The molecule has 0 saturated heterocycles. The Bertz CT molecular complexity index is 717. The monoisotopic (exact) mass is 357 g/mol. The van der Waals surface area contributed by atoms with Gasteiger partial charge in [-0.2, -0.15) is 0 Å². The molecule has 1 amide bonds. The van der Waals surface area contributed by atoms with Gasteiger partial charge in [0.25, 0.3) is 5.91 Å². The number of amides is 1. The fourth-order valence-electron chi connectivity index (χ4n) is 2.45. The number of rotatable bonds is 9. The number of aromatic nitrogens is 1. The van der Waals surface area contributed by atoms with Gasteiger partial charge >= 0.3 is 0 Å². The van der Waals surface area contributed by atoms with Gasteiger partial charge in [-0.1, -0.05) is 13.0 Å². The van der Waals surface area contributed by atoms with Gasteiger partial charge in [0.05, 0.1) is 26.1 Å². The second-order valence-corrected chi connectivity index (χ2v) is 6.08. The van der Waals surface area contributed by atoms with E-state index in [1.165, 1.54) is 0 Å². The van der Waals surface area contributed by atoms with Crippen molar-refractivity contribution in [3.05, 3.63) is 47.8 Å². The lowest BCUT2D eigenvalue weighted by molar-refractivity contribution is 0.0949. The highest BCUT2D eigenvalue weighted by Crippen LogP contribution is 2.27. The molecule has 6 nitrogen and oxygen atoms in total. The van der Waals surface area contributed by atoms with Crippen molar-refractivity contribution in [3.63, 3.8) is 0 Å². The first kappa shape index (κ1) is 19.6. The highest BCUT2D eigenvalue weighted by atomic mass is 16.5. The van der Waals surface area contributed by atoms with E-state index in [1.54, 1.807) is 26.5 Å². The first-order valence-corrected chi connectivity index (χ1v) is 8.79. The Hall–Kier alpha value is -2.76. The summed E-state index contributed by atoms with van der Waals surface area (Å²) in [6.07, 6.45) is 3.41. The predicted molar refractivity (Wildman–Crippen MR) is 103 cm³/mol. The summed E-state index contributed by atoms with van der Waals surface area (Å²) in [5.74, 6) is 1.19. The van der Waals surface area contributed by atoms with Crippen LogP contribution in [0.3, 0.4) is 0 Å². The van der Waals surface area contributed by atoms with E-state index in [1.807, 2.05) is 24.3 Å². The SMILES string of the molecule is CCC(C)Nc1ccc(C(=O)NCCc2ccc(OC)c(OC)c2)nc1. The molecular weight excluding hydrogens is 330 g/mol. The van der Waals surface area contributed by atoms with E-state index < -0.39 is 0 Å². The molecule has 140 valence electrons.